The number of carbonyl (C=O) groups excluding carboxylic acids is 1. The molecule has 0 unspecified atom stereocenters. The summed E-state index contributed by atoms with van der Waals surface area (Å²) in [5, 5.41) is 18.1. The van der Waals surface area contributed by atoms with Gasteiger partial charge in [-0.2, -0.15) is 0 Å². The number of nitrogens with one attached hydrogen (secondary N) is 2. The molecule has 1 amide bonds. The highest BCUT2D eigenvalue weighted by atomic mass is 32.1. The van der Waals surface area contributed by atoms with Crippen molar-refractivity contribution in [2.24, 2.45) is 0 Å². The van der Waals surface area contributed by atoms with Crippen molar-refractivity contribution in [3.8, 4) is 5.69 Å². The van der Waals surface area contributed by atoms with Gasteiger partial charge < -0.3 is 24.8 Å². The fraction of sp³-hybridized carbons (Fsp3) is 0.148. The Morgan fingerprint density at radius 2 is 1.92 bits per heavy atom. The van der Waals surface area contributed by atoms with E-state index in [2.05, 4.69) is 15.6 Å². The lowest BCUT2D eigenvalue weighted by Crippen LogP contribution is -2.30. The van der Waals surface area contributed by atoms with Gasteiger partial charge in [0, 0.05) is 48.7 Å². The molecule has 0 aliphatic carbocycles. The Bertz CT molecular complexity index is 1470. The molecular formula is C27H24N6O4S. The summed E-state index contributed by atoms with van der Waals surface area (Å²) in [6.45, 7) is -0.0374. The molecule has 192 valence electrons. The molecule has 2 aromatic carbocycles. The zero-order valence-corrected chi connectivity index (χ0v) is 21.2. The summed E-state index contributed by atoms with van der Waals surface area (Å²) in [5.41, 5.74) is 3.78. The quantitative estimate of drug-likeness (QED) is 0.195. The topological polar surface area (TPSA) is 115 Å². The SMILES string of the molecule is COCC(=O)Nc1ccc(N2C(=S)N[C@@H](c3ccccn3)[C@H]2c2cccn2-c2cccc([N+](=O)[O-])c2)cc1. The van der Waals surface area contributed by atoms with Crippen molar-refractivity contribution >= 4 is 40.3 Å². The molecule has 11 heteroatoms. The number of rotatable bonds is 8. The highest BCUT2D eigenvalue weighted by molar-refractivity contribution is 7.80. The van der Waals surface area contributed by atoms with Gasteiger partial charge in [0.05, 0.1) is 22.3 Å². The smallest absolute Gasteiger partial charge is 0.271 e. The van der Waals surface area contributed by atoms with Gasteiger partial charge in [0.15, 0.2) is 5.11 Å². The molecule has 2 atom stereocenters. The van der Waals surface area contributed by atoms with Gasteiger partial charge >= 0.3 is 0 Å². The van der Waals surface area contributed by atoms with Gasteiger partial charge in [0.2, 0.25) is 5.91 Å². The molecule has 0 saturated carbocycles. The van der Waals surface area contributed by atoms with Gasteiger partial charge in [-0.3, -0.25) is 19.9 Å². The summed E-state index contributed by atoms with van der Waals surface area (Å²) in [5.74, 6) is -0.249. The van der Waals surface area contributed by atoms with Crippen LogP contribution in [0.3, 0.4) is 0 Å². The van der Waals surface area contributed by atoms with Crippen LogP contribution in [0.4, 0.5) is 17.1 Å². The minimum atomic E-state index is -0.408. The molecule has 10 nitrogen and oxygen atoms in total. The summed E-state index contributed by atoms with van der Waals surface area (Å²) in [7, 11) is 1.46. The molecule has 2 aromatic heterocycles. The molecule has 38 heavy (non-hydrogen) atoms. The Hall–Kier alpha value is -4.61. The molecule has 3 heterocycles. The lowest BCUT2D eigenvalue weighted by atomic mass is 10.0. The van der Waals surface area contributed by atoms with E-state index in [-0.39, 0.29) is 30.3 Å². The number of nitro benzene ring substituents is 1. The summed E-state index contributed by atoms with van der Waals surface area (Å²) >= 11 is 5.81. The van der Waals surface area contributed by atoms with Gasteiger partial charge in [-0.05, 0) is 66.8 Å². The van der Waals surface area contributed by atoms with Crippen molar-refractivity contribution in [1.29, 1.82) is 0 Å². The maximum atomic E-state index is 11.9. The second kappa shape index (κ2) is 10.8. The fourth-order valence-corrected chi connectivity index (χ4v) is 4.94. The Morgan fingerprint density at radius 3 is 2.63 bits per heavy atom. The van der Waals surface area contributed by atoms with Crippen molar-refractivity contribution in [2.75, 3.05) is 23.9 Å². The molecule has 0 radical (unpaired) electrons. The van der Waals surface area contributed by atoms with Crippen LogP contribution in [-0.4, -0.2) is 39.2 Å². The monoisotopic (exact) mass is 528 g/mol. The van der Waals surface area contributed by atoms with E-state index in [4.69, 9.17) is 17.0 Å². The van der Waals surface area contributed by atoms with Gasteiger partial charge in [-0.15, -0.1) is 0 Å². The lowest BCUT2D eigenvalue weighted by Gasteiger charge is -2.29. The number of aromatic nitrogens is 2. The number of nitrogens with zero attached hydrogens (tertiary/aromatic N) is 4. The molecule has 1 saturated heterocycles. The van der Waals surface area contributed by atoms with Crippen LogP contribution in [0.5, 0.6) is 0 Å². The van der Waals surface area contributed by atoms with Crippen LogP contribution < -0.4 is 15.5 Å². The van der Waals surface area contributed by atoms with Crippen LogP contribution >= 0.6 is 12.2 Å². The maximum Gasteiger partial charge on any atom is 0.271 e. The van der Waals surface area contributed by atoms with E-state index in [1.165, 1.54) is 13.2 Å². The second-order valence-electron chi connectivity index (χ2n) is 8.60. The maximum absolute atomic E-state index is 11.9. The first-order valence-electron chi connectivity index (χ1n) is 11.8. The summed E-state index contributed by atoms with van der Waals surface area (Å²) in [4.78, 5) is 29.5. The predicted molar refractivity (Wildman–Crippen MR) is 147 cm³/mol. The number of benzene rings is 2. The van der Waals surface area contributed by atoms with Crippen molar-refractivity contribution in [3.63, 3.8) is 0 Å². The van der Waals surface area contributed by atoms with E-state index in [9.17, 15) is 14.9 Å². The van der Waals surface area contributed by atoms with Crippen molar-refractivity contribution in [1.82, 2.24) is 14.9 Å². The highest BCUT2D eigenvalue weighted by Gasteiger charge is 2.42. The molecular weight excluding hydrogens is 504 g/mol. The number of thiocarbonyl (C=S) groups is 1. The molecule has 0 spiro atoms. The minimum absolute atomic E-state index is 0.00598. The number of methoxy groups -OCH3 is 1. The largest absolute Gasteiger partial charge is 0.375 e. The van der Waals surface area contributed by atoms with Gasteiger partial charge in [0.25, 0.3) is 5.69 Å². The van der Waals surface area contributed by atoms with Gasteiger partial charge in [-0.25, -0.2) is 0 Å². The zero-order chi connectivity index (χ0) is 26.6. The number of hydrogen-bond acceptors (Lipinski definition) is 6. The molecule has 1 fully saturated rings. The van der Waals surface area contributed by atoms with E-state index in [1.807, 2.05) is 64.2 Å². The first-order valence-corrected chi connectivity index (χ1v) is 12.2. The molecule has 1 aliphatic rings. The van der Waals surface area contributed by atoms with Crippen LogP contribution in [0.15, 0.2) is 91.3 Å². The standard InChI is InChI=1S/C27H24N6O4S/c1-37-17-24(34)29-18-10-12-19(13-11-18)32-26(25(30-27(32)38)22-8-2-3-14-28-22)23-9-5-15-31(23)20-6-4-7-21(16-20)33(35)36/h2-16,25-26H,17H2,1H3,(H,29,34)(H,30,38)/t25-,26+/m0/s1. The third kappa shape index (κ3) is 4.97. The van der Waals surface area contributed by atoms with Crippen LogP contribution in [0.25, 0.3) is 5.69 Å². The normalized spacial score (nSPS) is 16.8. The van der Waals surface area contributed by atoms with E-state index >= 15 is 0 Å². The van der Waals surface area contributed by atoms with E-state index < -0.39 is 4.92 Å². The summed E-state index contributed by atoms with van der Waals surface area (Å²) < 4.78 is 6.81. The van der Waals surface area contributed by atoms with E-state index in [1.54, 1.807) is 30.5 Å². The molecule has 0 bridgehead atoms. The van der Waals surface area contributed by atoms with Crippen LogP contribution in [0.2, 0.25) is 0 Å². The van der Waals surface area contributed by atoms with Crippen molar-refractivity contribution in [2.45, 2.75) is 12.1 Å². The second-order valence-corrected chi connectivity index (χ2v) is 8.99. The van der Waals surface area contributed by atoms with Crippen molar-refractivity contribution < 1.29 is 14.5 Å². The number of hydrogen-bond donors (Lipinski definition) is 2. The third-order valence-corrected chi connectivity index (χ3v) is 6.52. The number of nitro groups is 1. The highest BCUT2D eigenvalue weighted by Crippen LogP contribution is 2.42. The van der Waals surface area contributed by atoms with Crippen molar-refractivity contribution in [3.05, 3.63) is 113 Å². The van der Waals surface area contributed by atoms with E-state index in [0.29, 0.717) is 16.5 Å². The Kier molecular flexibility index (Phi) is 7.11. The number of ether oxygens (including phenoxy) is 1. The molecule has 2 N–H and O–H groups in total. The third-order valence-electron chi connectivity index (χ3n) is 6.20. The van der Waals surface area contributed by atoms with Gasteiger partial charge in [-0.1, -0.05) is 12.1 Å². The minimum Gasteiger partial charge on any atom is -0.375 e. The fourth-order valence-electron chi connectivity index (χ4n) is 4.59. The Balaban J connectivity index is 1.57. The average molecular weight is 529 g/mol. The number of pyridine rings is 1. The molecule has 4 aromatic rings. The summed E-state index contributed by atoms with van der Waals surface area (Å²) in [6, 6.07) is 22.8. The number of amides is 1. The predicted octanol–water partition coefficient (Wildman–Crippen LogP) is 4.54. The van der Waals surface area contributed by atoms with E-state index in [0.717, 1.165) is 17.1 Å². The van der Waals surface area contributed by atoms with Gasteiger partial charge in [0.1, 0.15) is 12.6 Å². The first-order chi connectivity index (χ1) is 18.5. The molecule has 5 rings (SSSR count). The summed E-state index contributed by atoms with van der Waals surface area (Å²) in [6.07, 6.45) is 3.61. The zero-order valence-electron chi connectivity index (χ0n) is 20.4. The Morgan fingerprint density at radius 1 is 1.11 bits per heavy atom. The average Bonchev–Trinajstić information content (AvgIpc) is 3.54. The molecule has 1 aliphatic heterocycles. The number of carbonyl (C=O) groups is 1. The lowest BCUT2D eigenvalue weighted by molar-refractivity contribution is -0.384. The van der Waals surface area contributed by atoms with Crippen LogP contribution in [-0.2, 0) is 9.53 Å². The Labute approximate surface area is 224 Å². The van der Waals surface area contributed by atoms with Crippen LogP contribution in [0, 0.1) is 10.1 Å². The number of anilines is 2. The number of non-ortho nitro benzene ring substituents is 1. The van der Waals surface area contributed by atoms with Crippen LogP contribution in [0.1, 0.15) is 23.5 Å². The first kappa shape index (κ1) is 25.1.